The minimum atomic E-state index is 0.621. The van der Waals surface area contributed by atoms with E-state index < -0.39 is 0 Å². The third kappa shape index (κ3) is 2.74. The van der Waals surface area contributed by atoms with Crippen LogP contribution in [0.3, 0.4) is 0 Å². The van der Waals surface area contributed by atoms with Gasteiger partial charge in [-0.1, -0.05) is 59.6 Å². The van der Waals surface area contributed by atoms with E-state index in [-0.39, 0.29) is 0 Å². The molecule has 0 aromatic heterocycles. The van der Waals surface area contributed by atoms with Crippen molar-refractivity contribution in [1.82, 2.24) is 0 Å². The first-order chi connectivity index (χ1) is 11.7. The quantitative estimate of drug-likeness (QED) is 0.614. The van der Waals surface area contributed by atoms with E-state index >= 15 is 0 Å². The molecule has 0 bridgehead atoms. The van der Waals surface area contributed by atoms with Crippen LogP contribution < -0.4 is 9.90 Å². The summed E-state index contributed by atoms with van der Waals surface area (Å²) in [5, 5.41) is 2.36. The van der Waals surface area contributed by atoms with Crippen LogP contribution in [0.5, 0.6) is 5.75 Å². The fourth-order valence-corrected chi connectivity index (χ4v) is 2.74. The summed E-state index contributed by atoms with van der Waals surface area (Å²) in [4.78, 5) is 10.9. The number of aliphatic imine (C=N–C) groups is 1. The van der Waals surface area contributed by atoms with Gasteiger partial charge < -0.3 is 4.84 Å². The molecule has 0 aliphatic carbocycles. The lowest BCUT2D eigenvalue weighted by molar-refractivity contribution is 0.331. The number of halogens is 1. The number of hydrogen-bond acceptors (Lipinski definition) is 3. The lowest BCUT2D eigenvalue weighted by Gasteiger charge is -2.30. The summed E-state index contributed by atoms with van der Waals surface area (Å²) in [6.45, 7) is 2.06. The van der Waals surface area contributed by atoms with Gasteiger partial charge >= 0.3 is 0 Å². The third-order valence-corrected chi connectivity index (χ3v) is 4.07. The van der Waals surface area contributed by atoms with Gasteiger partial charge in [0.2, 0.25) is 0 Å². The molecule has 0 spiro atoms. The van der Waals surface area contributed by atoms with E-state index in [1.165, 1.54) is 5.56 Å². The summed E-state index contributed by atoms with van der Waals surface area (Å²) in [7, 11) is 0. The predicted molar refractivity (Wildman–Crippen MR) is 98.4 cm³/mol. The van der Waals surface area contributed by atoms with Crippen LogP contribution >= 0.6 is 11.6 Å². The van der Waals surface area contributed by atoms with Crippen molar-refractivity contribution >= 4 is 28.8 Å². The first-order valence-corrected chi connectivity index (χ1v) is 8.07. The normalized spacial score (nSPS) is 13.1. The van der Waals surface area contributed by atoms with Crippen LogP contribution in [-0.2, 0) is 0 Å². The number of aryl methyl sites for hydroxylation is 1. The molecule has 0 fully saturated rings. The van der Waals surface area contributed by atoms with Gasteiger partial charge in [0.1, 0.15) is 5.69 Å². The summed E-state index contributed by atoms with van der Waals surface area (Å²) in [6, 6.07) is 23.6. The van der Waals surface area contributed by atoms with Crippen LogP contribution in [0.1, 0.15) is 11.1 Å². The average Bonchev–Trinajstić information content (AvgIpc) is 2.62. The van der Waals surface area contributed by atoms with Gasteiger partial charge in [0, 0.05) is 16.7 Å². The van der Waals surface area contributed by atoms with Crippen LogP contribution in [0.4, 0.5) is 11.4 Å². The van der Waals surface area contributed by atoms with Gasteiger partial charge in [-0.2, -0.15) is 5.06 Å². The number of benzene rings is 3. The minimum Gasteiger partial charge on any atom is -0.371 e. The number of hydrogen-bond donors (Lipinski definition) is 0. The molecule has 0 N–H and O–H groups in total. The van der Waals surface area contributed by atoms with Crippen molar-refractivity contribution in [2.75, 3.05) is 5.06 Å². The van der Waals surface area contributed by atoms with E-state index in [1.807, 2.05) is 54.6 Å². The molecule has 1 aliphatic heterocycles. The number of anilines is 1. The molecule has 1 aliphatic rings. The molecule has 3 aromatic rings. The van der Waals surface area contributed by atoms with Crippen molar-refractivity contribution in [2.24, 2.45) is 4.99 Å². The average molecular weight is 335 g/mol. The Balaban J connectivity index is 1.86. The highest BCUT2D eigenvalue weighted by Crippen LogP contribution is 2.37. The molecule has 3 nitrogen and oxygen atoms in total. The predicted octanol–water partition coefficient (Wildman–Crippen LogP) is 5.54. The van der Waals surface area contributed by atoms with Crippen LogP contribution in [0, 0.1) is 6.92 Å². The smallest absolute Gasteiger partial charge is 0.183 e. The monoisotopic (exact) mass is 334 g/mol. The van der Waals surface area contributed by atoms with Gasteiger partial charge in [0.25, 0.3) is 0 Å². The first kappa shape index (κ1) is 14.8. The van der Waals surface area contributed by atoms with Crippen molar-refractivity contribution in [2.45, 2.75) is 6.92 Å². The number of fused-ring (bicyclic) bond motifs is 1. The second kappa shape index (κ2) is 6.02. The van der Waals surface area contributed by atoms with E-state index in [9.17, 15) is 0 Å². The van der Waals surface area contributed by atoms with E-state index in [4.69, 9.17) is 21.4 Å². The maximum atomic E-state index is 6.12. The van der Waals surface area contributed by atoms with Crippen molar-refractivity contribution in [3.05, 3.63) is 88.9 Å². The topological polar surface area (TPSA) is 24.8 Å². The summed E-state index contributed by atoms with van der Waals surface area (Å²) in [6.07, 6.45) is 0. The van der Waals surface area contributed by atoms with Crippen molar-refractivity contribution in [1.29, 1.82) is 0 Å². The summed E-state index contributed by atoms with van der Waals surface area (Å²) >= 11 is 6.10. The summed E-state index contributed by atoms with van der Waals surface area (Å²) < 4.78 is 0. The van der Waals surface area contributed by atoms with Gasteiger partial charge in [-0.15, -0.1) is 0 Å². The Morgan fingerprint density at radius 3 is 2.42 bits per heavy atom. The Hall–Kier alpha value is -2.78. The van der Waals surface area contributed by atoms with Gasteiger partial charge in [0.15, 0.2) is 11.6 Å². The van der Waals surface area contributed by atoms with E-state index in [1.54, 1.807) is 11.1 Å². The standard InChI is InChI=1S/C20H15ClN2O/c1-14-7-10-17(11-8-14)23-20(15-5-3-2-4-6-15)22-18-12-9-16(21)13-19(18)24-23/h2-13H,1H3. The molecule has 4 rings (SSSR count). The fraction of sp³-hybridized carbons (Fsp3) is 0.0500. The molecule has 0 atom stereocenters. The second-order valence-electron chi connectivity index (χ2n) is 5.63. The number of nitrogens with zero attached hydrogens (tertiary/aromatic N) is 2. The maximum Gasteiger partial charge on any atom is 0.183 e. The highest BCUT2D eigenvalue weighted by molar-refractivity contribution is 6.30. The third-order valence-electron chi connectivity index (χ3n) is 3.83. The minimum absolute atomic E-state index is 0.621. The molecule has 0 amide bonds. The molecule has 118 valence electrons. The van der Waals surface area contributed by atoms with Crippen molar-refractivity contribution < 1.29 is 4.84 Å². The SMILES string of the molecule is Cc1ccc(N2Oc3cc(Cl)ccc3N=C2c2ccccc2)cc1. The molecular formula is C20H15ClN2O. The van der Waals surface area contributed by atoms with E-state index in [0.717, 1.165) is 22.8 Å². The Bertz CT molecular complexity index is 905. The molecule has 24 heavy (non-hydrogen) atoms. The fourth-order valence-electron chi connectivity index (χ4n) is 2.58. The molecule has 3 aromatic carbocycles. The molecule has 0 radical (unpaired) electrons. The molecule has 1 heterocycles. The number of hydroxylamine groups is 1. The summed E-state index contributed by atoms with van der Waals surface area (Å²) in [5.74, 6) is 1.39. The van der Waals surface area contributed by atoms with Gasteiger partial charge in [-0.3, -0.25) is 0 Å². The number of amidine groups is 1. The van der Waals surface area contributed by atoms with Crippen molar-refractivity contribution in [3.8, 4) is 5.75 Å². The lowest BCUT2D eigenvalue weighted by atomic mass is 10.1. The first-order valence-electron chi connectivity index (χ1n) is 7.69. The Morgan fingerprint density at radius 1 is 0.917 bits per heavy atom. The molecule has 4 heteroatoms. The maximum absolute atomic E-state index is 6.12. The van der Waals surface area contributed by atoms with E-state index in [2.05, 4.69) is 19.1 Å². The second-order valence-corrected chi connectivity index (χ2v) is 6.07. The zero-order chi connectivity index (χ0) is 16.5. The molecule has 0 saturated carbocycles. The molecule has 0 unspecified atom stereocenters. The largest absolute Gasteiger partial charge is 0.371 e. The summed E-state index contributed by atoms with van der Waals surface area (Å²) in [5.41, 5.74) is 3.85. The van der Waals surface area contributed by atoms with Gasteiger partial charge in [0.05, 0.1) is 5.69 Å². The van der Waals surface area contributed by atoms with Gasteiger partial charge in [-0.05, 0) is 31.2 Å². The number of rotatable bonds is 2. The molecular weight excluding hydrogens is 320 g/mol. The molecule has 0 saturated heterocycles. The van der Waals surface area contributed by atoms with Gasteiger partial charge in [-0.25, -0.2) is 4.99 Å². The Labute approximate surface area is 145 Å². The van der Waals surface area contributed by atoms with Crippen LogP contribution in [0.2, 0.25) is 5.02 Å². The van der Waals surface area contributed by atoms with Crippen LogP contribution in [0.25, 0.3) is 0 Å². The zero-order valence-electron chi connectivity index (χ0n) is 13.1. The Morgan fingerprint density at radius 2 is 1.67 bits per heavy atom. The van der Waals surface area contributed by atoms with Crippen LogP contribution in [0.15, 0.2) is 77.8 Å². The van der Waals surface area contributed by atoms with Crippen LogP contribution in [-0.4, -0.2) is 5.84 Å². The highest BCUT2D eigenvalue weighted by Gasteiger charge is 2.24. The highest BCUT2D eigenvalue weighted by atomic mass is 35.5. The lowest BCUT2D eigenvalue weighted by Crippen LogP contribution is -2.36. The van der Waals surface area contributed by atoms with E-state index in [0.29, 0.717) is 10.8 Å². The van der Waals surface area contributed by atoms with Crippen molar-refractivity contribution in [3.63, 3.8) is 0 Å². The zero-order valence-corrected chi connectivity index (χ0v) is 13.9. The Kier molecular flexibility index (Phi) is 3.71.